The van der Waals surface area contributed by atoms with E-state index in [-0.39, 0.29) is 23.8 Å². The molecule has 30 heavy (non-hydrogen) atoms. The van der Waals surface area contributed by atoms with E-state index in [0.717, 1.165) is 16.5 Å². The third-order valence-corrected chi connectivity index (χ3v) is 6.88. The second-order valence-electron chi connectivity index (χ2n) is 6.76. The van der Waals surface area contributed by atoms with E-state index in [0.29, 0.717) is 21.5 Å². The lowest BCUT2D eigenvalue weighted by atomic mass is 10.1. The van der Waals surface area contributed by atoms with Gasteiger partial charge in [0.1, 0.15) is 5.76 Å². The number of halogens is 1. The Morgan fingerprint density at radius 2 is 1.93 bits per heavy atom. The summed E-state index contributed by atoms with van der Waals surface area (Å²) in [6.45, 7) is 0.237. The van der Waals surface area contributed by atoms with Crippen LogP contribution in [0, 0.1) is 0 Å². The Morgan fingerprint density at radius 3 is 2.60 bits per heavy atom. The number of benzene rings is 2. The Bertz CT molecular complexity index is 1300. The van der Waals surface area contributed by atoms with Gasteiger partial charge in [0.05, 0.1) is 34.3 Å². The van der Waals surface area contributed by atoms with Gasteiger partial charge in [-0.2, -0.15) is 0 Å². The van der Waals surface area contributed by atoms with Gasteiger partial charge < -0.3 is 4.42 Å². The molecule has 0 saturated heterocycles. The zero-order valence-electron chi connectivity index (χ0n) is 15.9. The largest absolute Gasteiger partial charge is 0.467 e. The van der Waals surface area contributed by atoms with Crippen LogP contribution in [0.1, 0.15) is 11.3 Å². The molecule has 4 aromatic rings. The van der Waals surface area contributed by atoms with Gasteiger partial charge in [0.25, 0.3) is 0 Å². The molecule has 2 heterocycles. The second kappa shape index (κ2) is 8.22. The van der Waals surface area contributed by atoms with Crippen molar-refractivity contribution in [3.8, 4) is 0 Å². The molecule has 0 radical (unpaired) electrons. The number of hydrogen-bond donors (Lipinski definition) is 0. The summed E-state index contributed by atoms with van der Waals surface area (Å²) in [5.41, 5.74) is 1.47. The summed E-state index contributed by atoms with van der Waals surface area (Å²) in [5, 5.41) is 1.15. The van der Waals surface area contributed by atoms with Gasteiger partial charge in [-0.05, 0) is 48.0 Å². The first-order valence-electron chi connectivity index (χ1n) is 8.97. The van der Waals surface area contributed by atoms with E-state index in [1.165, 1.54) is 23.5 Å². The molecule has 154 valence electrons. The van der Waals surface area contributed by atoms with Crippen LogP contribution < -0.4 is 4.90 Å². The number of aromatic nitrogens is 1. The maximum absolute atomic E-state index is 13.2. The maximum Gasteiger partial charge on any atom is 0.233 e. The van der Waals surface area contributed by atoms with Gasteiger partial charge in [-0.1, -0.05) is 35.1 Å². The highest BCUT2D eigenvalue weighted by atomic mass is 35.5. The molecule has 0 spiro atoms. The fraction of sp³-hybridized carbons (Fsp3) is 0.143. The molecule has 9 heteroatoms. The van der Waals surface area contributed by atoms with Crippen LogP contribution >= 0.6 is 22.9 Å². The summed E-state index contributed by atoms with van der Waals surface area (Å²) >= 11 is 7.45. The number of nitrogens with zero attached hydrogens (tertiary/aromatic N) is 2. The van der Waals surface area contributed by atoms with E-state index < -0.39 is 9.84 Å². The molecule has 0 aliphatic heterocycles. The van der Waals surface area contributed by atoms with Crippen LogP contribution in [-0.2, 0) is 27.6 Å². The number of carbonyl (C=O) groups excluding carboxylic acids is 1. The Kier molecular flexibility index (Phi) is 5.64. The molecular formula is C21H17ClN2O4S2. The number of hydrogen-bond acceptors (Lipinski definition) is 6. The minimum absolute atomic E-state index is 0.0986. The van der Waals surface area contributed by atoms with Crippen molar-refractivity contribution in [1.82, 2.24) is 4.98 Å². The molecule has 0 N–H and O–H groups in total. The zero-order chi connectivity index (χ0) is 21.3. The summed E-state index contributed by atoms with van der Waals surface area (Å²) in [5.74, 6) is 0.455. The molecule has 0 atom stereocenters. The molecular weight excluding hydrogens is 444 g/mol. The van der Waals surface area contributed by atoms with E-state index in [1.54, 1.807) is 41.5 Å². The number of fused-ring (bicyclic) bond motifs is 1. The minimum atomic E-state index is -3.29. The smallest absolute Gasteiger partial charge is 0.233 e. The fourth-order valence-corrected chi connectivity index (χ4v) is 4.84. The van der Waals surface area contributed by atoms with E-state index in [4.69, 9.17) is 16.0 Å². The molecule has 2 aromatic heterocycles. The van der Waals surface area contributed by atoms with Crippen LogP contribution in [0.4, 0.5) is 5.13 Å². The summed E-state index contributed by atoms with van der Waals surface area (Å²) in [7, 11) is -3.29. The molecule has 1 amide bonds. The quantitative estimate of drug-likeness (QED) is 0.415. The first kappa shape index (κ1) is 20.6. The molecule has 0 bridgehead atoms. The van der Waals surface area contributed by atoms with Gasteiger partial charge in [-0.15, -0.1) is 0 Å². The third-order valence-electron chi connectivity index (χ3n) is 4.47. The lowest BCUT2D eigenvalue weighted by Gasteiger charge is -2.19. The average molecular weight is 461 g/mol. The second-order valence-corrected chi connectivity index (χ2v) is 10.2. The van der Waals surface area contributed by atoms with Crippen molar-refractivity contribution in [1.29, 1.82) is 0 Å². The SMILES string of the molecule is CS(=O)(=O)c1ccc(CC(=O)N(Cc2ccco2)c2nc3ccc(Cl)cc3s2)cc1. The molecule has 0 unspecified atom stereocenters. The zero-order valence-corrected chi connectivity index (χ0v) is 18.3. The Hall–Kier alpha value is -2.68. The van der Waals surface area contributed by atoms with Gasteiger partial charge in [-0.25, -0.2) is 13.4 Å². The van der Waals surface area contributed by atoms with Gasteiger partial charge in [0.15, 0.2) is 15.0 Å². The highest BCUT2D eigenvalue weighted by Crippen LogP contribution is 2.32. The lowest BCUT2D eigenvalue weighted by Crippen LogP contribution is -2.31. The molecule has 2 aromatic carbocycles. The molecule has 6 nitrogen and oxygen atoms in total. The van der Waals surface area contributed by atoms with Crippen molar-refractivity contribution in [3.05, 3.63) is 77.2 Å². The predicted molar refractivity (Wildman–Crippen MR) is 118 cm³/mol. The molecule has 0 aliphatic carbocycles. The number of anilines is 1. The van der Waals surface area contributed by atoms with Crippen LogP contribution in [0.2, 0.25) is 5.02 Å². The number of carbonyl (C=O) groups is 1. The normalized spacial score (nSPS) is 11.7. The number of sulfone groups is 1. The first-order chi connectivity index (χ1) is 14.3. The van der Waals surface area contributed by atoms with Crippen LogP contribution in [0.5, 0.6) is 0 Å². The monoisotopic (exact) mass is 460 g/mol. The van der Waals surface area contributed by atoms with Crippen LogP contribution in [-0.4, -0.2) is 25.6 Å². The summed E-state index contributed by atoms with van der Waals surface area (Å²) < 4.78 is 29.6. The first-order valence-corrected chi connectivity index (χ1v) is 12.1. The molecule has 0 fully saturated rings. The maximum atomic E-state index is 13.2. The number of rotatable bonds is 6. The van der Waals surface area contributed by atoms with Gasteiger partial charge >= 0.3 is 0 Å². The van der Waals surface area contributed by atoms with Gasteiger partial charge in [-0.3, -0.25) is 9.69 Å². The van der Waals surface area contributed by atoms with Crippen molar-refractivity contribution >= 4 is 54.0 Å². The van der Waals surface area contributed by atoms with Crippen LogP contribution in [0.3, 0.4) is 0 Å². The highest BCUT2D eigenvalue weighted by molar-refractivity contribution is 7.90. The average Bonchev–Trinajstić information content (AvgIpc) is 3.34. The Morgan fingerprint density at radius 1 is 1.17 bits per heavy atom. The third kappa shape index (κ3) is 4.56. The van der Waals surface area contributed by atoms with Crippen molar-refractivity contribution < 1.29 is 17.6 Å². The topological polar surface area (TPSA) is 80.5 Å². The summed E-state index contributed by atoms with van der Waals surface area (Å²) in [6, 6.07) is 15.3. The fourth-order valence-electron chi connectivity index (χ4n) is 2.95. The summed E-state index contributed by atoms with van der Waals surface area (Å²) in [6.07, 6.45) is 2.80. The van der Waals surface area contributed by atoms with Crippen molar-refractivity contribution in [3.63, 3.8) is 0 Å². The van der Waals surface area contributed by atoms with Crippen LogP contribution in [0.25, 0.3) is 10.2 Å². The highest BCUT2D eigenvalue weighted by Gasteiger charge is 2.22. The van der Waals surface area contributed by atoms with Crippen molar-refractivity contribution in [2.75, 3.05) is 11.2 Å². The van der Waals surface area contributed by atoms with Crippen molar-refractivity contribution in [2.24, 2.45) is 0 Å². The molecule has 0 aliphatic rings. The van der Waals surface area contributed by atoms with E-state index in [9.17, 15) is 13.2 Å². The summed E-state index contributed by atoms with van der Waals surface area (Å²) in [4.78, 5) is 19.5. The van der Waals surface area contributed by atoms with E-state index >= 15 is 0 Å². The minimum Gasteiger partial charge on any atom is -0.467 e. The van der Waals surface area contributed by atoms with Crippen molar-refractivity contribution in [2.45, 2.75) is 17.9 Å². The van der Waals surface area contributed by atoms with Crippen LogP contribution in [0.15, 0.2) is 70.2 Å². The predicted octanol–water partition coefficient (Wildman–Crippen LogP) is 4.72. The Balaban J connectivity index is 1.63. The number of amides is 1. The van der Waals surface area contributed by atoms with E-state index in [1.807, 2.05) is 12.1 Å². The standard InChI is InChI=1S/C21H17ClN2O4S2/c1-30(26,27)17-7-4-14(5-8-17)11-20(25)24(13-16-3-2-10-28-16)21-23-18-9-6-15(22)12-19(18)29-21/h2-10,12H,11,13H2,1H3. The van der Waals surface area contributed by atoms with Gasteiger partial charge in [0, 0.05) is 11.3 Å². The number of furan rings is 1. The van der Waals surface area contributed by atoms with E-state index in [2.05, 4.69) is 4.98 Å². The van der Waals surface area contributed by atoms with Gasteiger partial charge in [0.2, 0.25) is 5.91 Å². The molecule has 0 saturated carbocycles. The Labute approximate surface area is 182 Å². The molecule has 4 rings (SSSR count). The lowest BCUT2D eigenvalue weighted by molar-refractivity contribution is -0.118. The number of thiazole rings is 1.